The van der Waals surface area contributed by atoms with Crippen molar-refractivity contribution in [2.45, 2.75) is 33.8 Å². The van der Waals surface area contributed by atoms with Crippen LogP contribution in [-0.2, 0) is 4.79 Å². The van der Waals surface area contributed by atoms with Crippen molar-refractivity contribution in [2.75, 3.05) is 38.5 Å². The van der Waals surface area contributed by atoms with Crippen LogP contribution in [0.15, 0.2) is 42.5 Å². The Morgan fingerprint density at radius 1 is 1.07 bits per heavy atom. The van der Waals surface area contributed by atoms with Gasteiger partial charge in [0.2, 0.25) is 5.91 Å². The lowest BCUT2D eigenvalue weighted by molar-refractivity contribution is -0.117. The number of rotatable bonds is 8. The van der Waals surface area contributed by atoms with Crippen LogP contribution in [0.1, 0.15) is 36.6 Å². The van der Waals surface area contributed by atoms with Gasteiger partial charge >= 0.3 is 0 Å². The minimum absolute atomic E-state index is 0.0612. The molecule has 0 spiro atoms. The molecule has 160 valence electrons. The van der Waals surface area contributed by atoms with Gasteiger partial charge in [-0.25, -0.2) is 0 Å². The van der Waals surface area contributed by atoms with Gasteiger partial charge in [0.15, 0.2) is 0 Å². The van der Waals surface area contributed by atoms with Gasteiger partial charge in [0, 0.05) is 12.2 Å². The lowest BCUT2D eigenvalue weighted by Crippen LogP contribution is -2.33. The molecule has 0 aromatic heterocycles. The summed E-state index contributed by atoms with van der Waals surface area (Å²) in [5.41, 5.74) is 3.89. The number of aliphatic hydroxyl groups is 1. The standard InChI is InChI=1S/C14H22N2O.C9H13NO2/c1-5-16(6-2)10-13(17)15-14-11(3)8-7-9-12(14)4;1-10-6-9(12)7-3-2-4-8(11)5-7/h7-9H,5-6,10H2,1-4H3,(H,15,17);2-5,9-12H,6H2,1H3/t;9-/m.0/s1. The van der Waals surface area contributed by atoms with Crippen LogP contribution in [0.3, 0.4) is 0 Å². The molecule has 6 heteroatoms. The molecular weight excluding hydrogens is 366 g/mol. The number of nitrogens with zero attached hydrogens (tertiary/aromatic N) is 1. The van der Waals surface area contributed by atoms with Crippen LogP contribution < -0.4 is 10.6 Å². The first kappa shape index (κ1) is 24.6. The van der Waals surface area contributed by atoms with Crippen LogP contribution >= 0.6 is 0 Å². The largest absolute Gasteiger partial charge is 0.508 e. The normalized spacial score (nSPS) is 11.6. The predicted molar refractivity (Wildman–Crippen MR) is 119 cm³/mol. The highest BCUT2D eigenvalue weighted by molar-refractivity contribution is 5.93. The van der Waals surface area contributed by atoms with E-state index >= 15 is 0 Å². The maximum atomic E-state index is 11.9. The fraction of sp³-hybridized carbons (Fsp3) is 0.435. The third-order valence-electron chi connectivity index (χ3n) is 4.66. The van der Waals surface area contributed by atoms with Crippen LogP contribution in [0.25, 0.3) is 0 Å². The average Bonchev–Trinajstić information content (AvgIpc) is 2.70. The van der Waals surface area contributed by atoms with Crippen molar-refractivity contribution >= 4 is 11.6 Å². The van der Waals surface area contributed by atoms with E-state index < -0.39 is 6.10 Å². The molecule has 4 N–H and O–H groups in total. The molecule has 0 radical (unpaired) electrons. The summed E-state index contributed by atoms with van der Waals surface area (Å²) in [7, 11) is 1.77. The lowest BCUT2D eigenvalue weighted by atomic mass is 10.1. The molecule has 0 bridgehead atoms. The Bertz CT molecular complexity index is 741. The predicted octanol–water partition coefficient (Wildman–Crippen LogP) is 3.23. The van der Waals surface area contributed by atoms with E-state index in [2.05, 4.69) is 29.4 Å². The van der Waals surface area contributed by atoms with E-state index in [1.54, 1.807) is 31.3 Å². The SMILES string of the molecule is CCN(CC)CC(=O)Nc1c(C)cccc1C.CNC[C@H](O)c1cccc(O)c1. The number of likely N-dealkylation sites (N-methyl/N-ethyl adjacent to an activating group) is 2. The summed E-state index contributed by atoms with van der Waals surface area (Å²) in [5.74, 6) is 0.244. The van der Waals surface area contributed by atoms with E-state index in [4.69, 9.17) is 5.11 Å². The number of anilines is 1. The second kappa shape index (κ2) is 12.9. The van der Waals surface area contributed by atoms with E-state index in [0.29, 0.717) is 13.1 Å². The fourth-order valence-electron chi connectivity index (χ4n) is 2.88. The van der Waals surface area contributed by atoms with Gasteiger partial charge in [0.25, 0.3) is 0 Å². The van der Waals surface area contributed by atoms with Crippen molar-refractivity contribution < 1.29 is 15.0 Å². The third-order valence-corrected chi connectivity index (χ3v) is 4.66. The fourth-order valence-corrected chi connectivity index (χ4v) is 2.88. The molecule has 6 nitrogen and oxygen atoms in total. The number of hydrogen-bond acceptors (Lipinski definition) is 5. The molecule has 0 aliphatic rings. The molecule has 2 rings (SSSR count). The van der Waals surface area contributed by atoms with Gasteiger partial charge in [-0.15, -0.1) is 0 Å². The zero-order valence-electron chi connectivity index (χ0n) is 18.2. The summed E-state index contributed by atoms with van der Waals surface area (Å²) < 4.78 is 0. The van der Waals surface area contributed by atoms with Crippen molar-refractivity contribution in [1.29, 1.82) is 0 Å². The highest BCUT2D eigenvalue weighted by Crippen LogP contribution is 2.19. The maximum Gasteiger partial charge on any atom is 0.238 e. The molecule has 0 saturated carbocycles. The smallest absolute Gasteiger partial charge is 0.238 e. The second-order valence-corrected chi connectivity index (χ2v) is 6.94. The Morgan fingerprint density at radius 2 is 1.66 bits per heavy atom. The molecule has 0 unspecified atom stereocenters. The van der Waals surface area contributed by atoms with Crippen LogP contribution in [0, 0.1) is 13.8 Å². The van der Waals surface area contributed by atoms with Gasteiger partial charge < -0.3 is 20.8 Å². The maximum absolute atomic E-state index is 11.9. The van der Waals surface area contributed by atoms with Gasteiger partial charge in [-0.05, 0) is 62.8 Å². The van der Waals surface area contributed by atoms with Crippen molar-refractivity contribution in [3.8, 4) is 5.75 Å². The molecule has 1 atom stereocenters. The van der Waals surface area contributed by atoms with Gasteiger partial charge in [-0.3, -0.25) is 9.69 Å². The van der Waals surface area contributed by atoms with E-state index in [-0.39, 0.29) is 11.7 Å². The minimum atomic E-state index is -0.554. The molecule has 0 fully saturated rings. The number of phenolic OH excluding ortho intramolecular Hbond substituents is 1. The number of hydrogen-bond donors (Lipinski definition) is 4. The van der Waals surface area contributed by atoms with Crippen molar-refractivity contribution in [3.63, 3.8) is 0 Å². The van der Waals surface area contributed by atoms with Crippen LogP contribution in [0.4, 0.5) is 5.69 Å². The van der Waals surface area contributed by atoms with E-state index in [0.717, 1.165) is 35.5 Å². The van der Waals surface area contributed by atoms with Crippen molar-refractivity contribution in [2.24, 2.45) is 0 Å². The van der Waals surface area contributed by atoms with Crippen LogP contribution in [-0.4, -0.2) is 54.2 Å². The topological polar surface area (TPSA) is 84.8 Å². The zero-order chi connectivity index (χ0) is 21.8. The highest BCUT2D eigenvalue weighted by atomic mass is 16.3. The number of amides is 1. The van der Waals surface area contributed by atoms with Crippen LogP contribution in [0.2, 0.25) is 0 Å². The summed E-state index contributed by atoms with van der Waals surface area (Å²) in [6.07, 6.45) is -0.554. The Balaban J connectivity index is 0.000000308. The Labute approximate surface area is 174 Å². The summed E-state index contributed by atoms with van der Waals surface area (Å²) in [5, 5.41) is 24.4. The average molecular weight is 402 g/mol. The van der Waals surface area contributed by atoms with E-state index in [1.165, 1.54) is 0 Å². The molecular formula is C23H35N3O3. The summed E-state index contributed by atoms with van der Waals surface area (Å²) in [6, 6.07) is 12.7. The van der Waals surface area contributed by atoms with Gasteiger partial charge in [0.1, 0.15) is 5.75 Å². The number of aliphatic hydroxyl groups excluding tert-OH is 1. The lowest BCUT2D eigenvalue weighted by Gasteiger charge is -2.18. The summed E-state index contributed by atoms with van der Waals surface area (Å²) in [6.45, 7) is 10.9. The Kier molecular flexibility index (Phi) is 11.0. The molecule has 0 aliphatic heterocycles. The molecule has 0 heterocycles. The zero-order valence-corrected chi connectivity index (χ0v) is 18.2. The molecule has 0 saturated heterocycles. The third kappa shape index (κ3) is 8.64. The molecule has 0 aliphatic carbocycles. The molecule has 2 aromatic rings. The first-order chi connectivity index (χ1) is 13.8. The number of carbonyl (C=O) groups excluding carboxylic acids is 1. The van der Waals surface area contributed by atoms with Gasteiger partial charge in [0.05, 0.1) is 12.6 Å². The number of para-hydroxylation sites is 1. The van der Waals surface area contributed by atoms with Gasteiger partial charge in [-0.2, -0.15) is 0 Å². The Hall–Kier alpha value is -2.41. The number of aryl methyl sites for hydroxylation is 2. The van der Waals surface area contributed by atoms with Gasteiger partial charge in [-0.1, -0.05) is 44.2 Å². The van der Waals surface area contributed by atoms with Crippen LogP contribution in [0.5, 0.6) is 5.75 Å². The number of benzene rings is 2. The number of aromatic hydroxyl groups is 1. The number of carbonyl (C=O) groups is 1. The first-order valence-electron chi connectivity index (χ1n) is 10.0. The number of phenols is 1. The first-order valence-corrected chi connectivity index (χ1v) is 10.0. The molecule has 29 heavy (non-hydrogen) atoms. The Morgan fingerprint density at radius 3 is 2.17 bits per heavy atom. The quantitative estimate of drug-likeness (QED) is 0.546. The van der Waals surface area contributed by atoms with Crippen molar-refractivity contribution in [1.82, 2.24) is 10.2 Å². The highest BCUT2D eigenvalue weighted by Gasteiger charge is 2.10. The van der Waals surface area contributed by atoms with E-state index in [1.807, 2.05) is 32.0 Å². The van der Waals surface area contributed by atoms with Crippen molar-refractivity contribution in [3.05, 3.63) is 59.2 Å². The molecule has 1 amide bonds. The second-order valence-electron chi connectivity index (χ2n) is 6.94. The summed E-state index contributed by atoms with van der Waals surface area (Å²) in [4.78, 5) is 14.0. The summed E-state index contributed by atoms with van der Waals surface area (Å²) >= 11 is 0. The number of nitrogens with one attached hydrogen (secondary N) is 2. The molecule has 2 aromatic carbocycles. The monoisotopic (exact) mass is 401 g/mol. The van der Waals surface area contributed by atoms with E-state index in [9.17, 15) is 9.90 Å². The minimum Gasteiger partial charge on any atom is -0.508 e.